The van der Waals surface area contributed by atoms with Crippen LogP contribution in [0.15, 0.2) is 60.8 Å². The summed E-state index contributed by atoms with van der Waals surface area (Å²) in [7, 11) is -3.61. The molecule has 0 aliphatic rings. The molecule has 0 aliphatic carbocycles. The van der Waals surface area contributed by atoms with Crippen LogP contribution in [-0.4, -0.2) is 30.4 Å². The molecule has 0 fully saturated rings. The van der Waals surface area contributed by atoms with Gasteiger partial charge in [0.15, 0.2) is 0 Å². The van der Waals surface area contributed by atoms with Crippen LogP contribution in [0, 0.1) is 0 Å². The average molecular weight is 366 g/mol. The molecule has 0 aliphatic heterocycles. The first-order valence-corrected chi connectivity index (χ1v) is 9.64. The van der Waals surface area contributed by atoms with Gasteiger partial charge in [-0.2, -0.15) is 8.42 Å². The second-order valence-corrected chi connectivity index (χ2v) is 7.47. The van der Waals surface area contributed by atoms with Crippen LogP contribution in [0.3, 0.4) is 0 Å². The fourth-order valence-electron chi connectivity index (χ4n) is 2.92. The van der Waals surface area contributed by atoms with E-state index >= 15 is 0 Å². The highest BCUT2D eigenvalue weighted by molar-refractivity contribution is 7.86. The Labute approximate surface area is 149 Å². The number of rotatable bonds is 4. The molecule has 26 heavy (non-hydrogen) atoms. The number of nitrogens with one attached hydrogen (secondary N) is 1. The van der Waals surface area contributed by atoms with Gasteiger partial charge in [-0.15, -0.1) is 0 Å². The molecule has 0 atom stereocenters. The standard InChI is InChI=1S/C19H14N2O4S/c1-26(23,24)25-13-8-6-12(7-9-13)19(22)18-17-15(10-11-20-18)14-4-2-3-5-16(14)21-17/h2-11,21H,1H3. The van der Waals surface area contributed by atoms with Gasteiger partial charge in [0.2, 0.25) is 5.78 Å². The summed E-state index contributed by atoms with van der Waals surface area (Å²) in [6, 6.07) is 15.6. The Bertz CT molecular complexity index is 1240. The van der Waals surface area contributed by atoms with Crippen LogP contribution in [0.2, 0.25) is 0 Å². The predicted octanol–water partition coefficient (Wildman–Crippen LogP) is 3.29. The first kappa shape index (κ1) is 16.3. The van der Waals surface area contributed by atoms with E-state index < -0.39 is 10.1 Å². The van der Waals surface area contributed by atoms with Crippen molar-refractivity contribution in [2.75, 3.05) is 6.26 Å². The van der Waals surface area contributed by atoms with Crippen molar-refractivity contribution >= 4 is 37.7 Å². The number of fused-ring (bicyclic) bond motifs is 3. The quantitative estimate of drug-likeness (QED) is 0.442. The van der Waals surface area contributed by atoms with Crippen molar-refractivity contribution in [3.05, 3.63) is 72.1 Å². The van der Waals surface area contributed by atoms with E-state index in [1.54, 1.807) is 6.20 Å². The van der Waals surface area contributed by atoms with Crippen LogP contribution in [0.25, 0.3) is 21.8 Å². The lowest BCUT2D eigenvalue weighted by molar-refractivity contribution is 0.103. The number of para-hydroxylation sites is 1. The Morgan fingerprint density at radius 1 is 1.00 bits per heavy atom. The third-order valence-electron chi connectivity index (χ3n) is 4.01. The van der Waals surface area contributed by atoms with Gasteiger partial charge in [-0.3, -0.25) is 9.78 Å². The van der Waals surface area contributed by atoms with E-state index in [2.05, 4.69) is 9.97 Å². The molecular weight excluding hydrogens is 352 g/mol. The van der Waals surface area contributed by atoms with Crippen molar-refractivity contribution < 1.29 is 17.4 Å². The van der Waals surface area contributed by atoms with Gasteiger partial charge < -0.3 is 9.17 Å². The van der Waals surface area contributed by atoms with E-state index in [0.29, 0.717) is 16.8 Å². The number of nitrogens with zero attached hydrogens (tertiary/aromatic N) is 1. The molecule has 2 aromatic heterocycles. The molecule has 0 saturated heterocycles. The number of pyridine rings is 1. The molecule has 4 aromatic rings. The molecule has 0 saturated carbocycles. The van der Waals surface area contributed by atoms with Gasteiger partial charge in [-0.05, 0) is 36.4 Å². The summed E-state index contributed by atoms with van der Waals surface area (Å²) >= 11 is 0. The molecule has 2 aromatic carbocycles. The van der Waals surface area contributed by atoms with Gasteiger partial charge in [0.1, 0.15) is 11.4 Å². The Kier molecular flexibility index (Phi) is 3.73. The van der Waals surface area contributed by atoms with Crippen LogP contribution < -0.4 is 4.18 Å². The van der Waals surface area contributed by atoms with E-state index in [-0.39, 0.29) is 11.5 Å². The number of hydrogen-bond donors (Lipinski definition) is 1. The Morgan fingerprint density at radius 2 is 1.73 bits per heavy atom. The third-order valence-corrected chi connectivity index (χ3v) is 4.50. The number of aromatic amines is 1. The number of benzene rings is 2. The maximum absolute atomic E-state index is 12.9. The van der Waals surface area contributed by atoms with Crippen LogP contribution in [0.5, 0.6) is 5.75 Å². The Morgan fingerprint density at radius 3 is 2.46 bits per heavy atom. The minimum Gasteiger partial charge on any atom is -0.383 e. The second kappa shape index (κ2) is 5.96. The van der Waals surface area contributed by atoms with Crippen molar-refractivity contribution in [1.82, 2.24) is 9.97 Å². The monoisotopic (exact) mass is 366 g/mol. The van der Waals surface area contributed by atoms with E-state index in [0.717, 1.165) is 22.5 Å². The molecule has 2 heterocycles. The first-order valence-electron chi connectivity index (χ1n) is 7.82. The first-order chi connectivity index (χ1) is 12.4. The molecule has 4 rings (SSSR count). The molecule has 6 nitrogen and oxygen atoms in total. The van der Waals surface area contributed by atoms with Crippen LogP contribution in [0.1, 0.15) is 16.1 Å². The zero-order valence-corrected chi connectivity index (χ0v) is 14.6. The topological polar surface area (TPSA) is 89.1 Å². The molecule has 0 amide bonds. The molecule has 1 N–H and O–H groups in total. The summed E-state index contributed by atoms with van der Waals surface area (Å²) in [6.45, 7) is 0. The van der Waals surface area contributed by atoms with E-state index in [9.17, 15) is 13.2 Å². The number of carbonyl (C=O) groups excluding carboxylic acids is 1. The zero-order chi connectivity index (χ0) is 18.3. The lowest BCUT2D eigenvalue weighted by Crippen LogP contribution is -2.07. The average Bonchev–Trinajstić information content (AvgIpc) is 2.99. The van der Waals surface area contributed by atoms with Gasteiger partial charge in [0, 0.05) is 28.0 Å². The van der Waals surface area contributed by atoms with Crippen molar-refractivity contribution in [2.24, 2.45) is 0 Å². The number of ketones is 1. The van der Waals surface area contributed by atoms with Gasteiger partial charge in [0.05, 0.1) is 11.8 Å². The maximum atomic E-state index is 12.9. The zero-order valence-electron chi connectivity index (χ0n) is 13.8. The minimum absolute atomic E-state index is 0.154. The third kappa shape index (κ3) is 2.93. The van der Waals surface area contributed by atoms with E-state index in [1.165, 1.54) is 24.3 Å². The largest absolute Gasteiger partial charge is 0.383 e. The molecule has 7 heteroatoms. The fourth-order valence-corrected chi connectivity index (χ4v) is 3.38. The summed E-state index contributed by atoms with van der Waals surface area (Å²) in [5.41, 5.74) is 2.32. The summed E-state index contributed by atoms with van der Waals surface area (Å²) in [6.07, 6.45) is 2.57. The van der Waals surface area contributed by atoms with Crippen molar-refractivity contribution in [2.45, 2.75) is 0 Å². The summed E-state index contributed by atoms with van der Waals surface area (Å²) in [5.74, 6) is -0.103. The van der Waals surface area contributed by atoms with Crippen molar-refractivity contribution in [3.8, 4) is 5.75 Å². The Balaban J connectivity index is 1.77. The number of carbonyl (C=O) groups is 1. The van der Waals surface area contributed by atoms with Crippen molar-refractivity contribution in [3.63, 3.8) is 0 Å². The van der Waals surface area contributed by atoms with Crippen LogP contribution >= 0.6 is 0 Å². The molecule has 0 spiro atoms. The lowest BCUT2D eigenvalue weighted by Gasteiger charge is -2.05. The normalized spacial score (nSPS) is 11.7. The highest BCUT2D eigenvalue weighted by atomic mass is 32.2. The van der Waals surface area contributed by atoms with Gasteiger partial charge in [0.25, 0.3) is 0 Å². The molecular formula is C19H14N2O4S. The minimum atomic E-state index is -3.61. The SMILES string of the molecule is CS(=O)(=O)Oc1ccc(C(=O)c2nccc3c2[nH]c2ccccc23)cc1. The number of H-pyrrole nitrogens is 1. The molecule has 0 unspecified atom stereocenters. The highest BCUT2D eigenvalue weighted by Gasteiger charge is 2.17. The maximum Gasteiger partial charge on any atom is 0.306 e. The predicted molar refractivity (Wildman–Crippen MR) is 98.9 cm³/mol. The van der Waals surface area contributed by atoms with Gasteiger partial charge in [-0.1, -0.05) is 18.2 Å². The Hall–Kier alpha value is -3.19. The second-order valence-electron chi connectivity index (χ2n) is 5.89. The molecule has 130 valence electrons. The van der Waals surface area contributed by atoms with Gasteiger partial charge >= 0.3 is 10.1 Å². The summed E-state index contributed by atoms with van der Waals surface area (Å²) in [4.78, 5) is 20.4. The van der Waals surface area contributed by atoms with E-state index in [1.807, 2.05) is 30.3 Å². The van der Waals surface area contributed by atoms with E-state index in [4.69, 9.17) is 4.18 Å². The number of hydrogen-bond acceptors (Lipinski definition) is 5. The fraction of sp³-hybridized carbons (Fsp3) is 0.0526. The smallest absolute Gasteiger partial charge is 0.306 e. The van der Waals surface area contributed by atoms with Crippen molar-refractivity contribution in [1.29, 1.82) is 0 Å². The molecule has 0 radical (unpaired) electrons. The highest BCUT2D eigenvalue weighted by Crippen LogP contribution is 2.27. The molecule has 0 bridgehead atoms. The summed E-state index contributed by atoms with van der Waals surface area (Å²) in [5, 5.41) is 1.95. The van der Waals surface area contributed by atoms with Gasteiger partial charge in [-0.25, -0.2) is 0 Å². The van der Waals surface area contributed by atoms with Crippen LogP contribution in [0.4, 0.5) is 0 Å². The summed E-state index contributed by atoms with van der Waals surface area (Å²) < 4.78 is 27.1. The lowest BCUT2D eigenvalue weighted by atomic mass is 10.1. The van der Waals surface area contributed by atoms with Crippen LogP contribution in [-0.2, 0) is 10.1 Å². The number of aromatic nitrogens is 2.